The highest BCUT2D eigenvalue weighted by Crippen LogP contribution is 2.59. The van der Waals surface area contributed by atoms with E-state index < -0.39 is 10.8 Å². The van der Waals surface area contributed by atoms with E-state index in [1.807, 2.05) is 82.6 Å². The van der Waals surface area contributed by atoms with E-state index in [1.54, 1.807) is 40.6 Å². The van der Waals surface area contributed by atoms with Crippen molar-refractivity contribution >= 4 is 44.9 Å². The van der Waals surface area contributed by atoms with Crippen molar-refractivity contribution in [3.8, 4) is 47.3 Å². The van der Waals surface area contributed by atoms with Crippen LogP contribution in [-0.4, -0.2) is 28.4 Å². The fourth-order valence-corrected chi connectivity index (χ4v) is 8.75. The predicted molar refractivity (Wildman–Crippen MR) is 223 cm³/mol. The van der Waals surface area contributed by atoms with E-state index in [1.165, 1.54) is 0 Å². The topological polar surface area (TPSA) is 139 Å². The highest BCUT2D eigenvalue weighted by Gasteiger charge is 2.42. The maximum atomic E-state index is 11.0. The van der Waals surface area contributed by atoms with Crippen molar-refractivity contribution in [3.05, 3.63) is 129 Å². The monoisotopic (exact) mass is 762 g/mol. The van der Waals surface area contributed by atoms with Crippen LogP contribution in [0.5, 0.6) is 23.0 Å². The van der Waals surface area contributed by atoms with E-state index in [0.717, 1.165) is 45.0 Å². The second-order valence-electron chi connectivity index (χ2n) is 15.3. The first kappa shape index (κ1) is 37.3. The van der Waals surface area contributed by atoms with E-state index in [9.17, 15) is 21.0 Å². The maximum absolute atomic E-state index is 11.0. The fourth-order valence-electron chi connectivity index (χ4n) is 8.75. The number of anilines is 6. The average molecular weight is 763 g/mol. The Labute approximate surface area is 337 Å². The lowest BCUT2D eigenvalue weighted by Gasteiger charge is -2.44. The van der Waals surface area contributed by atoms with Crippen molar-refractivity contribution in [2.24, 2.45) is 0 Å². The smallest absolute Gasteiger partial charge is 0.119 e. The Morgan fingerprint density at radius 2 is 0.690 bits per heavy atom. The molecule has 0 aliphatic carbocycles. The van der Waals surface area contributed by atoms with Gasteiger partial charge in [0.2, 0.25) is 0 Å². The lowest BCUT2D eigenvalue weighted by Crippen LogP contribution is -2.32. The Kier molecular flexibility index (Phi) is 8.69. The SMILES string of the molecule is COc1ccc2c(c1)C(C)(C)c1cc(OC)ccc1N2c1c(C#N)c(C#N)cc2c(N3c4ccc(OC)cc4C(C)(C)c4cc(OC)ccc43)c(C#N)c(C#N)cc12. The summed E-state index contributed by atoms with van der Waals surface area (Å²) in [4.78, 5) is 3.98. The van der Waals surface area contributed by atoms with Crippen molar-refractivity contribution in [1.82, 2.24) is 0 Å². The second kappa shape index (κ2) is 13.5. The number of hydrogen-bond donors (Lipinski definition) is 0. The Morgan fingerprint density at radius 1 is 0.414 bits per heavy atom. The van der Waals surface area contributed by atoms with Crippen LogP contribution >= 0.6 is 0 Å². The molecule has 0 bridgehead atoms. The molecule has 2 heterocycles. The van der Waals surface area contributed by atoms with Crippen LogP contribution in [0.1, 0.15) is 72.2 Å². The third kappa shape index (κ3) is 5.20. The largest absolute Gasteiger partial charge is 0.497 e. The number of ether oxygens (including phenoxy) is 4. The summed E-state index contributed by atoms with van der Waals surface area (Å²) in [6.07, 6.45) is 0. The number of benzene rings is 6. The molecule has 10 nitrogen and oxygen atoms in total. The predicted octanol–water partition coefficient (Wildman–Crippen LogP) is 10.6. The summed E-state index contributed by atoms with van der Waals surface area (Å²) in [7, 11) is 6.47. The Bertz CT molecular complexity index is 2610. The van der Waals surface area contributed by atoms with Crippen LogP contribution in [0.2, 0.25) is 0 Å². The van der Waals surface area contributed by atoms with Crippen LogP contribution in [0.15, 0.2) is 84.9 Å². The molecule has 2 aliphatic rings. The van der Waals surface area contributed by atoms with Gasteiger partial charge in [0.15, 0.2) is 0 Å². The number of rotatable bonds is 6. The van der Waals surface area contributed by atoms with Gasteiger partial charge in [0, 0.05) is 21.6 Å². The van der Waals surface area contributed by atoms with Crippen LogP contribution in [0, 0.1) is 45.3 Å². The molecule has 0 N–H and O–H groups in total. The van der Waals surface area contributed by atoms with Crippen LogP contribution in [0.3, 0.4) is 0 Å². The molecule has 58 heavy (non-hydrogen) atoms. The standard InChI is InChI=1S/C48H38N6O4/c1-47(2)37-19-29(55-5)9-13-41(37)53(42-14-10-30(56-6)20-38(42)47)45-33-17-28(24-50)36(26-52)46(34(33)18-27(23-49)35(45)25-51)54-43-15-11-31(57-7)21-39(43)48(3,4)40-22-32(58-8)12-16-44(40)54/h9-22H,1-8H3. The normalized spacial score (nSPS) is 14.0. The fraction of sp³-hybridized carbons (Fsp3) is 0.208. The van der Waals surface area contributed by atoms with Crippen LogP contribution in [0.25, 0.3) is 10.8 Å². The molecule has 0 saturated heterocycles. The molecule has 0 fully saturated rings. The summed E-state index contributed by atoms with van der Waals surface area (Å²) in [5.41, 5.74) is 6.79. The first-order chi connectivity index (χ1) is 27.9. The molecule has 0 amide bonds. The van der Waals surface area contributed by atoms with Crippen molar-refractivity contribution < 1.29 is 18.9 Å². The van der Waals surface area contributed by atoms with Crippen molar-refractivity contribution in [1.29, 1.82) is 21.0 Å². The maximum Gasteiger partial charge on any atom is 0.119 e. The number of nitriles is 4. The minimum atomic E-state index is -0.563. The summed E-state index contributed by atoms with van der Waals surface area (Å²) in [5, 5.41) is 44.8. The molecule has 0 spiro atoms. The van der Waals surface area contributed by atoms with Gasteiger partial charge in [-0.2, -0.15) is 21.0 Å². The van der Waals surface area contributed by atoms with Gasteiger partial charge in [-0.15, -0.1) is 0 Å². The minimum absolute atomic E-state index is 0.108. The van der Waals surface area contributed by atoms with Crippen LogP contribution in [0.4, 0.5) is 34.1 Å². The first-order valence-corrected chi connectivity index (χ1v) is 18.5. The van der Waals surface area contributed by atoms with Gasteiger partial charge in [-0.05, 0) is 107 Å². The lowest BCUT2D eigenvalue weighted by molar-refractivity contribution is 0.411. The number of hydrogen-bond acceptors (Lipinski definition) is 10. The van der Waals surface area contributed by atoms with Gasteiger partial charge in [0.25, 0.3) is 0 Å². The number of fused-ring (bicyclic) bond motifs is 5. The summed E-state index contributed by atoms with van der Waals surface area (Å²) in [6.45, 7) is 8.49. The quantitative estimate of drug-likeness (QED) is 0.161. The molecule has 0 atom stereocenters. The second-order valence-corrected chi connectivity index (χ2v) is 15.3. The third-order valence-corrected chi connectivity index (χ3v) is 11.8. The van der Waals surface area contributed by atoms with Crippen molar-refractivity contribution in [2.45, 2.75) is 38.5 Å². The van der Waals surface area contributed by atoms with E-state index >= 15 is 0 Å². The minimum Gasteiger partial charge on any atom is -0.497 e. The zero-order valence-corrected chi connectivity index (χ0v) is 33.4. The highest BCUT2D eigenvalue weighted by molar-refractivity contribution is 6.13. The van der Waals surface area contributed by atoms with E-state index in [0.29, 0.717) is 45.1 Å². The zero-order chi connectivity index (χ0) is 41.3. The molecule has 0 radical (unpaired) electrons. The Morgan fingerprint density at radius 3 is 0.914 bits per heavy atom. The van der Waals surface area contributed by atoms with Crippen LogP contribution in [-0.2, 0) is 10.8 Å². The van der Waals surface area contributed by atoms with E-state index in [-0.39, 0.29) is 22.3 Å². The molecule has 0 aromatic heterocycles. The number of methoxy groups -OCH3 is 4. The average Bonchev–Trinajstić information content (AvgIpc) is 3.25. The molecule has 284 valence electrons. The number of nitrogens with zero attached hydrogens (tertiary/aromatic N) is 6. The molecular formula is C48H38N6O4. The van der Waals surface area contributed by atoms with Gasteiger partial charge in [0.1, 0.15) is 47.3 Å². The van der Waals surface area contributed by atoms with Gasteiger partial charge >= 0.3 is 0 Å². The lowest BCUT2D eigenvalue weighted by atomic mass is 9.73. The Hall–Kier alpha value is -7.66. The van der Waals surface area contributed by atoms with Gasteiger partial charge in [-0.1, -0.05) is 27.7 Å². The zero-order valence-electron chi connectivity index (χ0n) is 33.4. The van der Waals surface area contributed by atoms with E-state index in [4.69, 9.17) is 18.9 Å². The van der Waals surface area contributed by atoms with Gasteiger partial charge < -0.3 is 28.7 Å². The van der Waals surface area contributed by atoms with Crippen molar-refractivity contribution in [3.63, 3.8) is 0 Å². The molecule has 10 heteroatoms. The third-order valence-electron chi connectivity index (χ3n) is 11.8. The van der Waals surface area contributed by atoms with Gasteiger partial charge in [0.05, 0.1) is 84.8 Å². The van der Waals surface area contributed by atoms with Crippen LogP contribution < -0.4 is 28.7 Å². The van der Waals surface area contributed by atoms with Crippen molar-refractivity contribution in [2.75, 3.05) is 38.2 Å². The van der Waals surface area contributed by atoms with E-state index in [2.05, 4.69) is 52.0 Å². The summed E-state index contributed by atoms with van der Waals surface area (Å²) < 4.78 is 22.8. The molecule has 6 aromatic rings. The first-order valence-electron chi connectivity index (χ1n) is 18.5. The molecule has 0 saturated carbocycles. The summed E-state index contributed by atoms with van der Waals surface area (Å²) >= 11 is 0. The molecular weight excluding hydrogens is 725 g/mol. The molecule has 2 aliphatic heterocycles. The highest BCUT2D eigenvalue weighted by atomic mass is 16.5. The van der Waals surface area contributed by atoms with Gasteiger partial charge in [-0.25, -0.2) is 0 Å². The molecule has 0 unspecified atom stereocenters. The Balaban J connectivity index is 1.57. The summed E-state index contributed by atoms with van der Waals surface area (Å²) in [6, 6.07) is 35.9. The van der Waals surface area contributed by atoms with Gasteiger partial charge in [-0.3, -0.25) is 0 Å². The summed E-state index contributed by atoms with van der Waals surface area (Å²) in [5.74, 6) is 2.61. The molecule has 8 rings (SSSR count). The molecule has 6 aromatic carbocycles.